The maximum absolute atomic E-state index is 11.2. The van der Waals surface area contributed by atoms with Crippen molar-refractivity contribution in [3.05, 3.63) is 0 Å². The average Bonchev–Trinajstić information content (AvgIpc) is 2.44. The van der Waals surface area contributed by atoms with Gasteiger partial charge in [0.1, 0.15) is 0 Å². The van der Waals surface area contributed by atoms with Crippen LogP contribution in [0.5, 0.6) is 0 Å². The van der Waals surface area contributed by atoms with Gasteiger partial charge in [-0.15, -0.1) is 0 Å². The number of unbranched alkanes of at least 4 members (excludes halogenated alkanes) is 1. The largest absolute Gasteiger partial charge is 0.412 e. The molecule has 126 valence electrons. The van der Waals surface area contributed by atoms with Crippen molar-refractivity contribution in [2.45, 2.75) is 33.1 Å². The number of amides is 4. The van der Waals surface area contributed by atoms with Crippen molar-refractivity contribution >= 4 is 24.0 Å². The molecule has 0 saturated carbocycles. The molecule has 10 heteroatoms. The first kappa shape index (κ1) is 19.5. The van der Waals surface area contributed by atoms with E-state index >= 15 is 0 Å². The molecular weight excluding hydrogens is 296 g/mol. The smallest absolute Gasteiger partial charge is 0.411 e. The Kier molecular flexibility index (Phi) is 10.8. The molecule has 4 N–H and O–H groups in total. The molecule has 0 unspecified atom stereocenters. The van der Waals surface area contributed by atoms with Gasteiger partial charge >= 0.3 is 12.2 Å². The Labute approximate surface area is 128 Å². The molecule has 0 fully saturated rings. The standard InChI is InChI=1S/C12H22N4O6/c1-3-4-5-10(18)14-7-16-12(20)22-8-21-11(19)15-6-13-9(2)17/h3-8H2,1-2H3,(H,13,17)(H,14,18)(H,15,19)(H,16,20). The number of carbonyl (C=O) groups excluding carboxylic acids is 4. The van der Waals surface area contributed by atoms with Crippen molar-refractivity contribution in [1.29, 1.82) is 0 Å². The summed E-state index contributed by atoms with van der Waals surface area (Å²) in [4.78, 5) is 44.0. The zero-order valence-electron chi connectivity index (χ0n) is 12.7. The highest BCUT2D eigenvalue weighted by Crippen LogP contribution is 1.92. The SMILES string of the molecule is CCCCC(=O)NCNC(=O)OCOC(=O)NCNC(C)=O. The summed E-state index contributed by atoms with van der Waals surface area (Å²) in [6.07, 6.45) is 0.382. The van der Waals surface area contributed by atoms with Crippen LogP contribution in [0.15, 0.2) is 0 Å². The van der Waals surface area contributed by atoms with Gasteiger partial charge in [-0.2, -0.15) is 0 Å². The fourth-order valence-corrected chi connectivity index (χ4v) is 1.12. The third-order valence-corrected chi connectivity index (χ3v) is 2.23. The Bertz CT molecular complexity index is 388. The Morgan fingerprint density at radius 3 is 1.91 bits per heavy atom. The lowest BCUT2D eigenvalue weighted by atomic mass is 10.2. The summed E-state index contributed by atoms with van der Waals surface area (Å²) in [5.41, 5.74) is 0. The van der Waals surface area contributed by atoms with Crippen molar-refractivity contribution in [2.75, 3.05) is 20.1 Å². The molecule has 4 amide bonds. The molecule has 0 aliphatic carbocycles. The molecule has 0 spiro atoms. The summed E-state index contributed by atoms with van der Waals surface area (Å²) in [7, 11) is 0. The topological polar surface area (TPSA) is 135 Å². The molecule has 0 radical (unpaired) electrons. The highest BCUT2D eigenvalue weighted by molar-refractivity contribution is 5.76. The number of ether oxygens (including phenoxy) is 2. The predicted octanol–water partition coefficient (Wildman–Crippen LogP) is -0.246. The molecular formula is C12H22N4O6. The van der Waals surface area contributed by atoms with E-state index in [4.69, 9.17) is 0 Å². The lowest BCUT2D eigenvalue weighted by Crippen LogP contribution is -2.39. The molecule has 0 aromatic heterocycles. The van der Waals surface area contributed by atoms with Crippen LogP contribution in [0.4, 0.5) is 9.59 Å². The highest BCUT2D eigenvalue weighted by Gasteiger charge is 2.06. The van der Waals surface area contributed by atoms with Gasteiger partial charge in [-0.3, -0.25) is 9.59 Å². The van der Waals surface area contributed by atoms with Gasteiger partial charge in [0, 0.05) is 13.3 Å². The number of carbonyl (C=O) groups is 4. The van der Waals surface area contributed by atoms with Gasteiger partial charge in [0.2, 0.25) is 18.6 Å². The van der Waals surface area contributed by atoms with Gasteiger partial charge in [-0.1, -0.05) is 13.3 Å². The van der Waals surface area contributed by atoms with Gasteiger partial charge in [0.15, 0.2) is 0 Å². The van der Waals surface area contributed by atoms with Crippen LogP contribution in [0.2, 0.25) is 0 Å². The highest BCUT2D eigenvalue weighted by atomic mass is 16.7. The van der Waals surface area contributed by atoms with E-state index in [1.54, 1.807) is 0 Å². The van der Waals surface area contributed by atoms with E-state index in [-0.39, 0.29) is 25.2 Å². The van der Waals surface area contributed by atoms with E-state index in [1.165, 1.54) is 6.92 Å². The van der Waals surface area contributed by atoms with Gasteiger partial charge in [-0.05, 0) is 6.42 Å². The summed E-state index contributed by atoms with van der Waals surface area (Å²) in [6, 6.07) is 0. The molecule has 0 atom stereocenters. The van der Waals surface area contributed by atoms with E-state index in [0.29, 0.717) is 6.42 Å². The van der Waals surface area contributed by atoms with E-state index in [9.17, 15) is 19.2 Å². The van der Waals surface area contributed by atoms with E-state index < -0.39 is 19.0 Å². The molecule has 0 aromatic rings. The first-order chi connectivity index (χ1) is 10.5. The molecule has 0 heterocycles. The second-order valence-corrected chi connectivity index (χ2v) is 4.13. The Morgan fingerprint density at radius 2 is 1.41 bits per heavy atom. The Balaban J connectivity index is 3.55. The van der Waals surface area contributed by atoms with Crippen LogP contribution in [0.3, 0.4) is 0 Å². The summed E-state index contributed by atoms with van der Waals surface area (Å²) < 4.78 is 9.03. The molecule has 0 bridgehead atoms. The zero-order chi connectivity index (χ0) is 16.8. The number of alkyl carbamates (subject to hydrolysis) is 2. The van der Waals surface area contributed by atoms with Crippen LogP contribution < -0.4 is 21.3 Å². The van der Waals surface area contributed by atoms with Gasteiger partial charge < -0.3 is 30.7 Å². The van der Waals surface area contributed by atoms with Crippen LogP contribution in [-0.4, -0.2) is 44.1 Å². The minimum atomic E-state index is -0.852. The lowest BCUT2D eigenvalue weighted by molar-refractivity contribution is -0.121. The number of hydrogen-bond acceptors (Lipinski definition) is 6. The molecule has 0 rings (SSSR count). The summed E-state index contributed by atoms with van der Waals surface area (Å²) >= 11 is 0. The molecule has 0 aliphatic heterocycles. The average molecular weight is 318 g/mol. The van der Waals surface area contributed by atoms with Crippen molar-refractivity contribution in [3.8, 4) is 0 Å². The second-order valence-electron chi connectivity index (χ2n) is 4.13. The molecule has 10 nitrogen and oxygen atoms in total. The first-order valence-electron chi connectivity index (χ1n) is 6.78. The monoisotopic (exact) mass is 318 g/mol. The summed E-state index contributed by atoms with van der Waals surface area (Å²) in [6.45, 7) is 2.50. The number of nitrogens with one attached hydrogen (secondary N) is 4. The maximum atomic E-state index is 11.2. The van der Waals surface area contributed by atoms with Crippen molar-refractivity contribution in [2.24, 2.45) is 0 Å². The van der Waals surface area contributed by atoms with Crippen molar-refractivity contribution in [3.63, 3.8) is 0 Å². The number of rotatable bonds is 9. The van der Waals surface area contributed by atoms with Gasteiger partial charge in [0.25, 0.3) is 0 Å². The third kappa shape index (κ3) is 12.5. The Morgan fingerprint density at radius 1 is 0.864 bits per heavy atom. The third-order valence-electron chi connectivity index (χ3n) is 2.23. The first-order valence-corrected chi connectivity index (χ1v) is 6.78. The fourth-order valence-electron chi connectivity index (χ4n) is 1.12. The summed E-state index contributed by atoms with van der Waals surface area (Å²) in [5, 5.41) is 9.26. The molecule has 0 saturated heterocycles. The van der Waals surface area contributed by atoms with Crippen LogP contribution in [0, 0.1) is 0 Å². The van der Waals surface area contributed by atoms with E-state index in [0.717, 1.165) is 12.8 Å². The Hall–Kier alpha value is -2.52. The van der Waals surface area contributed by atoms with Gasteiger partial charge in [0.05, 0.1) is 13.3 Å². The quantitative estimate of drug-likeness (QED) is 0.433. The van der Waals surface area contributed by atoms with Crippen molar-refractivity contribution in [1.82, 2.24) is 21.3 Å². The van der Waals surface area contributed by atoms with Crippen LogP contribution in [-0.2, 0) is 19.1 Å². The normalized spacial score (nSPS) is 9.36. The lowest BCUT2D eigenvalue weighted by Gasteiger charge is -2.09. The van der Waals surface area contributed by atoms with Crippen LogP contribution >= 0.6 is 0 Å². The second kappa shape index (κ2) is 12.2. The minimum Gasteiger partial charge on any atom is -0.412 e. The fraction of sp³-hybridized carbons (Fsp3) is 0.667. The summed E-state index contributed by atoms with van der Waals surface area (Å²) in [5.74, 6) is -0.479. The molecule has 0 aliphatic rings. The van der Waals surface area contributed by atoms with E-state index in [1.807, 2.05) is 6.92 Å². The zero-order valence-corrected chi connectivity index (χ0v) is 12.7. The molecule has 0 aromatic carbocycles. The number of hydrogen-bond donors (Lipinski definition) is 4. The van der Waals surface area contributed by atoms with Crippen LogP contribution in [0.1, 0.15) is 33.1 Å². The van der Waals surface area contributed by atoms with Gasteiger partial charge in [-0.25, -0.2) is 9.59 Å². The molecule has 22 heavy (non-hydrogen) atoms. The predicted molar refractivity (Wildman–Crippen MR) is 75.3 cm³/mol. The van der Waals surface area contributed by atoms with Crippen molar-refractivity contribution < 1.29 is 28.7 Å². The maximum Gasteiger partial charge on any atom is 0.411 e. The minimum absolute atomic E-state index is 0.0733. The van der Waals surface area contributed by atoms with Crippen LogP contribution in [0.25, 0.3) is 0 Å². The van der Waals surface area contributed by atoms with E-state index in [2.05, 4.69) is 30.7 Å².